The molecule has 1 aromatic carbocycles. The maximum atomic E-state index is 12.2. The number of hydrogen-bond acceptors (Lipinski definition) is 4. The van der Waals surface area contributed by atoms with Crippen LogP contribution in [0.1, 0.15) is 32.6 Å². The van der Waals surface area contributed by atoms with Crippen molar-refractivity contribution in [3.05, 3.63) is 24.3 Å². The molecule has 0 saturated heterocycles. The summed E-state index contributed by atoms with van der Waals surface area (Å²) in [5.74, 6) is 5.25. The number of benzene rings is 1. The first kappa shape index (κ1) is 13.3. The molecule has 5 nitrogen and oxygen atoms in total. The van der Waals surface area contributed by atoms with Gasteiger partial charge in [-0.25, -0.2) is 13.1 Å². The van der Waals surface area contributed by atoms with Gasteiger partial charge in [-0.3, -0.25) is 5.84 Å². The summed E-state index contributed by atoms with van der Waals surface area (Å²) in [5.41, 5.74) is 2.85. The first-order valence-corrected chi connectivity index (χ1v) is 7.54. The Morgan fingerprint density at radius 1 is 1.17 bits per heavy atom. The summed E-state index contributed by atoms with van der Waals surface area (Å²) in [5, 5.41) is 0. The zero-order chi connectivity index (χ0) is 13.2. The van der Waals surface area contributed by atoms with Crippen LogP contribution in [0.4, 0.5) is 5.69 Å². The second-order valence-corrected chi connectivity index (χ2v) is 6.72. The van der Waals surface area contributed by atoms with Gasteiger partial charge in [0.15, 0.2) is 0 Å². The van der Waals surface area contributed by atoms with Crippen molar-refractivity contribution in [2.75, 3.05) is 5.43 Å². The van der Waals surface area contributed by atoms with Crippen molar-refractivity contribution in [1.82, 2.24) is 4.72 Å². The molecule has 0 atom stereocenters. The molecule has 0 aromatic heterocycles. The highest BCUT2D eigenvalue weighted by Crippen LogP contribution is 2.30. The van der Waals surface area contributed by atoms with Gasteiger partial charge >= 0.3 is 0 Å². The Bertz CT molecular complexity index is 505. The average Bonchev–Trinajstić information content (AvgIpc) is 2.75. The van der Waals surface area contributed by atoms with Crippen LogP contribution in [0.15, 0.2) is 29.2 Å². The third kappa shape index (κ3) is 2.82. The Morgan fingerprint density at radius 3 is 2.22 bits per heavy atom. The molecule has 1 aliphatic carbocycles. The number of hydrogen-bond donors (Lipinski definition) is 3. The summed E-state index contributed by atoms with van der Waals surface area (Å²) in [6, 6.07) is 6.39. The van der Waals surface area contributed by atoms with Crippen molar-refractivity contribution < 1.29 is 8.42 Å². The van der Waals surface area contributed by atoms with Gasteiger partial charge in [0, 0.05) is 11.2 Å². The minimum absolute atomic E-state index is 0.273. The Labute approximate surface area is 108 Å². The average molecular weight is 269 g/mol. The molecular formula is C12H19N3O2S. The third-order valence-corrected chi connectivity index (χ3v) is 5.07. The van der Waals surface area contributed by atoms with Crippen LogP contribution < -0.4 is 16.0 Å². The molecule has 1 aliphatic rings. The van der Waals surface area contributed by atoms with Crippen LogP contribution in [0.5, 0.6) is 0 Å². The van der Waals surface area contributed by atoms with E-state index in [1.807, 2.05) is 6.92 Å². The highest BCUT2D eigenvalue weighted by Gasteiger charge is 2.33. The fourth-order valence-electron chi connectivity index (χ4n) is 2.37. The van der Waals surface area contributed by atoms with Gasteiger partial charge in [-0.15, -0.1) is 0 Å². The van der Waals surface area contributed by atoms with E-state index in [2.05, 4.69) is 10.1 Å². The molecule has 0 heterocycles. The number of sulfonamides is 1. The molecule has 6 heteroatoms. The summed E-state index contributed by atoms with van der Waals surface area (Å²) in [4.78, 5) is 0.273. The molecule has 0 radical (unpaired) electrons. The second-order valence-electron chi connectivity index (χ2n) is 5.04. The monoisotopic (exact) mass is 269 g/mol. The number of rotatable bonds is 4. The molecule has 0 amide bonds. The topological polar surface area (TPSA) is 84.2 Å². The molecule has 1 aromatic rings. The normalized spacial score (nSPS) is 18.8. The van der Waals surface area contributed by atoms with Crippen molar-refractivity contribution in [2.45, 2.75) is 43.0 Å². The SMILES string of the molecule is CC1(NS(=O)(=O)c2ccc(NN)cc2)CCCC1. The number of hydrazine groups is 1. The zero-order valence-electron chi connectivity index (χ0n) is 10.4. The van der Waals surface area contributed by atoms with Gasteiger partial charge in [0.25, 0.3) is 0 Å². The van der Waals surface area contributed by atoms with Crippen LogP contribution in [0.3, 0.4) is 0 Å². The molecule has 2 rings (SSSR count). The predicted molar refractivity (Wildman–Crippen MR) is 71.4 cm³/mol. The fraction of sp³-hybridized carbons (Fsp3) is 0.500. The molecule has 4 N–H and O–H groups in total. The lowest BCUT2D eigenvalue weighted by molar-refractivity contribution is 0.427. The smallest absolute Gasteiger partial charge is 0.241 e. The Morgan fingerprint density at radius 2 is 1.72 bits per heavy atom. The largest absolute Gasteiger partial charge is 0.324 e. The van der Waals surface area contributed by atoms with Crippen LogP contribution in [-0.2, 0) is 10.0 Å². The van der Waals surface area contributed by atoms with Gasteiger partial charge in [-0.1, -0.05) is 12.8 Å². The summed E-state index contributed by atoms with van der Waals surface area (Å²) in [7, 11) is -3.45. The standard InChI is InChI=1S/C12H19N3O2S/c1-12(8-2-3-9-12)15-18(16,17)11-6-4-10(14-13)5-7-11/h4-7,14-15H,2-3,8-9,13H2,1H3. The molecule has 1 saturated carbocycles. The Balaban J connectivity index is 2.19. The zero-order valence-corrected chi connectivity index (χ0v) is 11.3. The highest BCUT2D eigenvalue weighted by atomic mass is 32.2. The first-order chi connectivity index (χ1) is 8.45. The van der Waals surface area contributed by atoms with Gasteiger partial charge in [-0.05, 0) is 44.0 Å². The summed E-state index contributed by atoms with van der Waals surface area (Å²) in [6.07, 6.45) is 3.95. The van der Waals surface area contributed by atoms with Crippen LogP contribution in [0.2, 0.25) is 0 Å². The van der Waals surface area contributed by atoms with Gasteiger partial charge in [0.2, 0.25) is 10.0 Å². The van der Waals surface area contributed by atoms with Crippen molar-refractivity contribution in [2.24, 2.45) is 5.84 Å². The molecule has 0 aliphatic heterocycles. The van der Waals surface area contributed by atoms with Gasteiger partial charge in [0.1, 0.15) is 0 Å². The van der Waals surface area contributed by atoms with E-state index in [9.17, 15) is 8.42 Å². The minimum atomic E-state index is -3.45. The number of nitrogens with two attached hydrogens (primary N) is 1. The maximum absolute atomic E-state index is 12.2. The van der Waals surface area contributed by atoms with E-state index < -0.39 is 10.0 Å². The van der Waals surface area contributed by atoms with Crippen LogP contribution >= 0.6 is 0 Å². The molecule has 0 bridgehead atoms. The molecule has 0 spiro atoms. The van der Waals surface area contributed by atoms with Crippen LogP contribution in [0, 0.1) is 0 Å². The maximum Gasteiger partial charge on any atom is 0.241 e. The predicted octanol–water partition coefficient (Wildman–Crippen LogP) is 1.58. The lowest BCUT2D eigenvalue weighted by Gasteiger charge is -2.24. The number of nitrogens with one attached hydrogen (secondary N) is 2. The molecule has 18 heavy (non-hydrogen) atoms. The lowest BCUT2D eigenvalue weighted by atomic mass is 10.0. The Hall–Kier alpha value is -1.11. The molecule has 100 valence electrons. The molecule has 1 fully saturated rings. The third-order valence-electron chi connectivity index (χ3n) is 3.42. The van der Waals surface area contributed by atoms with Gasteiger partial charge in [-0.2, -0.15) is 0 Å². The first-order valence-electron chi connectivity index (χ1n) is 6.06. The molecular weight excluding hydrogens is 250 g/mol. The quantitative estimate of drug-likeness (QED) is 0.572. The summed E-state index contributed by atoms with van der Waals surface area (Å²) >= 11 is 0. The lowest BCUT2D eigenvalue weighted by Crippen LogP contribution is -2.43. The van der Waals surface area contributed by atoms with Crippen molar-refractivity contribution >= 4 is 15.7 Å². The van der Waals surface area contributed by atoms with Crippen LogP contribution in [0.25, 0.3) is 0 Å². The van der Waals surface area contributed by atoms with E-state index in [0.29, 0.717) is 5.69 Å². The van der Waals surface area contributed by atoms with E-state index in [1.165, 1.54) is 0 Å². The fourth-order valence-corrected chi connectivity index (χ4v) is 3.84. The van der Waals surface area contributed by atoms with E-state index >= 15 is 0 Å². The van der Waals surface area contributed by atoms with E-state index in [1.54, 1.807) is 24.3 Å². The Kier molecular flexibility index (Phi) is 3.61. The summed E-state index contributed by atoms with van der Waals surface area (Å²) in [6.45, 7) is 1.97. The second kappa shape index (κ2) is 4.87. The van der Waals surface area contributed by atoms with Crippen LogP contribution in [-0.4, -0.2) is 14.0 Å². The van der Waals surface area contributed by atoms with Gasteiger partial charge in [0.05, 0.1) is 4.90 Å². The van der Waals surface area contributed by atoms with E-state index in [0.717, 1.165) is 25.7 Å². The summed E-state index contributed by atoms with van der Waals surface area (Å²) < 4.78 is 27.3. The minimum Gasteiger partial charge on any atom is -0.324 e. The van der Waals surface area contributed by atoms with Crippen molar-refractivity contribution in [1.29, 1.82) is 0 Å². The van der Waals surface area contributed by atoms with Crippen molar-refractivity contribution in [3.8, 4) is 0 Å². The molecule has 0 unspecified atom stereocenters. The van der Waals surface area contributed by atoms with Gasteiger partial charge < -0.3 is 5.43 Å². The van der Waals surface area contributed by atoms with E-state index in [4.69, 9.17) is 5.84 Å². The number of nitrogen functional groups attached to an aromatic ring is 1. The van der Waals surface area contributed by atoms with E-state index in [-0.39, 0.29) is 10.4 Å². The number of anilines is 1. The highest BCUT2D eigenvalue weighted by molar-refractivity contribution is 7.89. The van der Waals surface area contributed by atoms with Crippen molar-refractivity contribution in [3.63, 3.8) is 0 Å².